The summed E-state index contributed by atoms with van der Waals surface area (Å²) in [6.07, 6.45) is 82.1. The van der Waals surface area contributed by atoms with Crippen LogP contribution >= 0.6 is 0 Å². The molecule has 2 unspecified atom stereocenters. The van der Waals surface area contributed by atoms with Gasteiger partial charge in [-0.2, -0.15) is 0 Å². The summed E-state index contributed by atoms with van der Waals surface area (Å²) >= 11 is 0. The van der Waals surface area contributed by atoms with E-state index >= 15 is 0 Å². The Kier molecular flexibility index (Phi) is 64.4. The molecule has 0 saturated carbocycles. The summed E-state index contributed by atoms with van der Waals surface area (Å²) in [6, 6.07) is -0.543. The van der Waals surface area contributed by atoms with Crippen LogP contribution in [0.15, 0.2) is 24.3 Å². The molecule has 0 aliphatic carbocycles. The highest BCUT2D eigenvalue weighted by molar-refractivity contribution is 5.76. The maximum absolute atomic E-state index is 12.5. The Morgan fingerprint density at radius 3 is 0.934 bits per heavy atom. The second-order valence-electron chi connectivity index (χ2n) is 23.9. The van der Waals surface area contributed by atoms with E-state index < -0.39 is 12.1 Å². The molecule has 76 heavy (non-hydrogen) atoms. The van der Waals surface area contributed by atoms with Crippen LogP contribution in [0.3, 0.4) is 0 Å². The van der Waals surface area contributed by atoms with E-state index in [0.717, 1.165) is 44.9 Å². The van der Waals surface area contributed by atoms with Gasteiger partial charge < -0.3 is 20.3 Å². The molecule has 0 aliphatic heterocycles. The molecule has 0 fully saturated rings. The summed E-state index contributed by atoms with van der Waals surface area (Å²) in [5.41, 5.74) is 0. The first-order chi connectivity index (χ1) is 37.5. The Balaban J connectivity index is 3.37. The van der Waals surface area contributed by atoms with Crippen LogP contribution in [-0.2, 0) is 14.3 Å². The number of hydrogen-bond acceptors (Lipinski definition) is 5. The Bertz CT molecular complexity index is 1190. The van der Waals surface area contributed by atoms with Crippen LogP contribution in [0.5, 0.6) is 0 Å². The Labute approximate surface area is 475 Å². The number of carbonyl (C=O) groups is 2. The number of esters is 1. The number of aliphatic hydroxyl groups excluding tert-OH is 2. The van der Waals surface area contributed by atoms with Gasteiger partial charge in [0.25, 0.3) is 0 Å². The zero-order chi connectivity index (χ0) is 55.0. The number of amides is 1. The molecule has 0 aromatic carbocycles. The molecular weight excluding hydrogens is 935 g/mol. The van der Waals surface area contributed by atoms with E-state index in [0.29, 0.717) is 25.9 Å². The van der Waals surface area contributed by atoms with Crippen molar-refractivity contribution in [3.63, 3.8) is 0 Å². The number of nitrogens with one attached hydrogen (secondary N) is 1. The predicted molar refractivity (Wildman–Crippen MR) is 333 cm³/mol. The highest BCUT2D eigenvalue weighted by Gasteiger charge is 2.20. The average Bonchev–Trinajstić information content (AvgIpc) is 3.42. The molecule has 3 N–H and O–H groups in total. The van der Waals surface area contributed by atoms with Crippen molar-refractivity contribution in [2.24, 2.45) is 0 Å². The highest BCUT2D eigenvalue weighted by Crippen LogP contribution is 2.18. The monoisotopic (exact) mass is 1070 g/mol. The molecule has 0 aromatic rings. The molecule has 0 saturated heterocycles. The first kappa shape index (κ1) is 74.3. The zero-order valence-corrected chi connectivity index (χ0v) is 51.5. The van der Waals surface area contributed by atoms with E-state index in [-0.39, 0.29) is 18.5 Å². The maximum Gasteiger partial charge on any atom is 0.305 e. The van der Waals surface area contributed by atoms with Gasteiger partial charge in [0.15, 0.2) is 0 Å². The number of unbranched alkanes of at least 4 members (excludes halogenated alkanes) is 50. The SMILES string of the molecule is CCCCCCCC/C=C\CCCCCCCCCC(=O)OCCCCCCCCCCCCCC/C=C\CCCCCCCCCCCCC(=O)NC(CO)C(O)CCCCCCCCCCCCCCCCCC. The number of rotatable bonds is 65. The van der Waals surface area contributed by atoms with Gasteiger partial charge in [0.05, 0.1) is 25.4 Å². The van der Waals surface area contributed by atoms with Crippen molar-refractivity contribution in [1.29, 1.82) is 0 Å². The number of aliphatic hydroxyl groups is 2. The number of ether oxygens (including phenoxy) is 1. The van der Waals surface area contributed by atoms with Crippen molar-refractivity contribution in [3.05, 3.63) is 24.3 Å². The van der Waals surface area contributed by atoms with Crippen molar-refractivity contribution in [1.82, 2.24) is 5.32 Å². The number of hydrogen-bond donors (Lipinski definition) is 3. The minimum absolute atomic E-state index is 0.0117. The third-order valence-corrected chi connectivity index (χ3v) is 16.2. The fourth-order valence-electron chi connectivity index (χ4n) is 10.9. The Morgan fingerprint density at radius 2 is 0.618 bits per heavy atom. The summed E-state index contributed by atoms with van der Waals surface area (Å²) in [4.78, 5) is 24.6. The van der Waals surface area contributed by atoms with E-state index in [1.54, 1.807) is 0 Å². The highest BCUT2D eigenvalue weighted by atomic mass is 16.5. The minimum atomic E-state index is -0.665. The van der Waals surface area contributed by atoms with E-state index in [4.69, 9.17) is 4.74 Å². The van der Waals surface area contributed by atoms with Gasteiger partial charge in [-0.3, -0.25) is 9.59 Å². The summed E-state index contributed by atoms with van der Waals surface area (Å²) in [7, 11) is 0. The summed E-state index contributed by atoms with van der Waals surface area (Å²) < 4.78 is 5.50. The lowest BCUT2D eigenvalue weighted by Crippen LogP contribution is -2.45. The van der Waals surface area contributed by atoms with Gasteiger partial charge in [0.2, 0.25) is 5.91 Å². The van der Waals surface area contributed by atoms with Crippen LogP contribution in [0.4, 0.5) is 0 Å². The quantitative estimate of drug-likeness (QED) is 0.0320. The Hall–Kier alpha value is -1.66. The molecule has 450 valence electrons. The molecule has 1 amide bonds. The molecule has 2 atom stereocenters. The minimum Gasteiger partial charge on any atom is -0.466 e. The molecule has 6 heteroatoms. The molecule has 0 aliphatic rings. The van der Waals surface area contributed by atoms with Crippen LogP contribution in [0.25, 0.3) is 0 Å². The van der Waals surface area contributed by atoms with Crippen molar-refractivity contribution in [2.45, 2.75) is 398 Å². The lowest BCUT2D eigenvalue weighted by atomic mass is 10.0. The second-order valence-corrected chi connectivity index (χ2v) is 23.9. The smallest absolute Gasteiger partial charge is 0.305 e. The molecule has 0 spiro atoms. The lowest BCUT2D eigenvalue weighted by Gasteiger charge is -2.22. The van der Waals surface area contributed by atoms with Gasteiger partial charge in [-0.25, -0.2) is 0 Å². The summed E-state index contributed by atoms with van der Waals surface area (Å²) in [5.74, 6) is -0.0222. The molecule has 0 rings (SSSR count). The third-order valence-electron chi connectivity index (χ3n) is 16.2. The van der Waals surface area contributed by atoms with Crippen molar-refractivity contribution in [3.8, 4) is 0 Å². The molecule has 6 nitrogen and oxygen atoms in total. The van der Waals surface area contributed by atoms with Crippen LogP contribution < -0.4 is 5.32 Å². The standard InChI is InChI=1S/C70H135NO5/c1-3-5-7-9-11-13-15-17-19-31-36-40-44-48-52-56-60-64-70(75)76-65-61-57-53-49-45-41-37-33-30-28-26-24-22-21-23-25-27-29-32-35-39-43-47-51-55-59-63-69(74)71-67(66-72)68(73)62-58-54-50-46-42-38-34-20-18-16-14-12-10-8-6-4-2/h17,19,21,23,67-68,72-73H,3-16,18,20,22,24-66H2,1-2H3,(H,71,74)/b19-17-,23-21-. The van der Waals surface area contributed by atoms with Crippen molar-refractivity contribution < 1.29 is 24.5 Å². The predicted octanol–water partition coefficient (Wildman–Crippen LogP) is 22.1. The normalized spacial score (nSPS) is 12.6. The van der Waals surface area contributed by atoms with Crippen LogP contribution in [-0.4, -0.2) is 47.4 Å². The second kappa shape index (κ2) is 65.9. The fourth-order valence-corrected chi connectivity index (χ4v) is 10.9. The maximum atomic E-state index is 12.5. The van der Waals surface area contributed by atoms with E-state index in [1.165, 1.54) is 308 Å². The number of allylic oxidation sites excluding steroid dienone is 4. The summed E-state index contributed by atoms with van der Waals surface area (Å²) in [6.45, 7) is 4.98. The number of carbonyl (C=O) groups excluding carboxylic acids is 2. The van der Waals surface area contributed by atoms with Crippen LogP contribution in [0, 0.1) is 0 Å². The Morgan fingerprint density at radius 1 is 0.355 bits per heavy atom. The largest absolute Gasteiger partial charge is 0.466 e. The van der Waals surface area contributed by atoms with Gasteiger partial charge in [0, 0.05) is 12.8 Å². The molecule has 0 heterocycles. The van der Waals surface area contributed by atoms with E-state index in [2.05, 4.69) is 43.5 Å². The zero-order valence-electron chi connectivity index (χ0n) is 51.5. The van der Waals surface area contributed by atoms with Gasteiger partial charge in [-0.05, 0) is 77.0 Å². The van der Waals surface area contributed by atoms with Gasteiger partial charge in [-0.15, -0.1) is 0 Å². The molecule has 0 aromatic heterocycles. The topological polar surface area (TPSA) is 95.9 Å². The molecule has 0 radical (unpaired) electrons. The first-order valence-corrected chi connectivity index (χ1v) is 34.6. The van der Waals surface area contributed by atoms with E-state index in [9.17, 15) is 19.8 Å². The third kappa shape index (κ3) is 61.6. The van der Waals surface area contributed by atoms with Gasteiger partial charge >= 0.3 is 5.97 Å². The van der Waals surface area contributed by atoms with Gasteiger partial charge in [-0.1, -0.05) is 321 Å². The van der Waals surface area contributed by atoms with Crippen LogP contribution in [0.2, 0.25) is 0 Å². The van der Waals surface area contributed by atoms with E-state index in [1.807, 2.05) is 0 Å². The first-order valence-electron chi connectivity index (χ1n) is 34.6. The van der Waals surface area contributed by atoms with Crippen LogP contribution in [0.1, 0.15) is 386 Å². The van der Waals surface area contributed by atoms with Crippen molar-refractivity contribution >= 4 is 11.9 Å². The average molecular weight is 1070 g/mol. The lowest BCUT2D eigenvalue weighted by molar-refractivity contribution is -0.143. The summed E-state index contributed by atoms with van der Waals surface area (Å²) in [5, 5.41) is 23.3. The molecule has 0 bridgehead atoms. The van der Waals surface area contributed by atoms with Gasteiger partial charge in [0.1, 0.15) is 0 Å². The van der Waals surface area contributed by atoms with Crippen molar-refractivity contribution in [2.75, 3.05) is 13.2 Å². The fraction of sp³-hybridized carbons (Fsp3) is 0.914. The molecular formula is C70H135NO5.